The van der Waals surface area contributed by atoms with Crippen molar-refractivity contribution in [1.29, 1.82) is 0 Å². The maximum atomic E-state index is 13.4. The lowest BCUT2D eigenvalue weighted by atomic mass is 10.2. The lowest BCUT2D eigenvalue weighted by molar-refractivity contribution is -0.121. The molecule has 2 aromatic carbocycles. The number of carbonyl (C=O) groups is 1. The van der Waals surface area contributed by atoms with E-state index in [0.29, 0.717) is 5.75 Å². The standard InChI is InChI=1S/C20H24N2O5S/c1-4-12-21-20(23)15-22(14-16-8-6-5-7-9-16)28(24,25)19-13-17(26-2)10-11-18(19)27-3/h4-11,13H,1,12,14-15H2,2-3H3,(H,21,23). The molecule has 7 nitrogen and oxygen atoms in total. The van der Waals surface area contributed by atoms with Crippen LogP contribution < -0.4 is 14.8 Å². The van der Waals surface area contributed by atoms with E-state index in [9.17, 15) is 13.2 Å². The highest BCUT2D eigenvalue weighted by Crippen LogP contribution is 2.31. The van der Waals surface area contributed by atoms with Gasteiger partial charge in [-0.2, -0.15) is 4.31 Å². The number of nitrogens with zero attached hydrogens (tertiary/aromatic N) is 1. The fraction of sp³-hybridized carbons (Fsp3) is 0.250. The summed E-state index contributed by atoms with van der Waals surface area (Å²) in [4.78, 5) is 12.2. The van der Waals surface area contributed by atoms with Gasteiger partial charge in [0.1, 0.15) is 16.4 Å². The summed E-state index contributed by atoms with van der Waals surface area (Å²) in [6.07, 6.45) is 1.53. The van der Waals surface area contributed by atoms with Crippen molar-refractivity contribution in [1.82, 2.24) is 9.62 Å². The van der Waals surface area contributed by atoms with Crippen LogP contribution in [-0.4, -0.2) is 45.9 Å². The summed E-state index contributed by atoms with van der Waals surface area (Å²) in [7, 11) is -1.22. The summed E-state index contributed by atoms with van der Waals surface area (Å²) in [6, 6.07) is 13.6. The van der Waals surface area contributed by atoms with Crippen LogP contribution in [0.4, 0.5) is 0 Å². The number of nitrogens with one attached hydrogen (secondary N) is 1. The summed E-state index contributed by atoms with van der Waals surface area (Å²) in [5, 5.41) is 2.60. The number of hydrogen-bond acceptors (Lipinski definition) is 5. The Kier molecular flexibility index (Phi) is 7.60. The Morgan fingerprint density at radius 2 is 1.86 bits per heavy atom. The van der Waals surface area contributed by atoms with Gasteiger partial charge in [-0.3, -0.25) is 4.79 Å². The molecule has 0 aromatic heterocycles. The van der Waals surface area contributed by atoms with Crippen molar-refractivity contribution < 1.29 is 22.7 Å². The van der Waals surface area contributed by atoms with E-state index in [1.165, 1.54) is 32.4 Å². The first-order valence-electron chi connectivity index (χ1n) is 8.56. The summed E-state index contributed by atoms with van der Waals surface area (Å²) >= 11 is 0. The van der Waals surface area contributed by atoms with E-state index in [-0.39, 0.29) is 30.3 Å². The predicted octanol–water partition coefficient (Wildman–Crippen LogP) is 2.20. The molecule has 0 saturated carbocycles. The molecule has 0 aliphatic carbocycles. The molecule has 0 bridgehead atoms. The van der Waals surface area contributed by atoms with Gasteiger partial charge in [0.2, 0.25) is 15.9 Å². The van der Waals surface area contributed by atoms with E-state index >= 15 is 0 Å². The van der Waals surface area contributed by atoms with Gasteiger partial charge in [0.25, 0.3) is 0 Å². The Bertz CT molecular complexity index is 913. The van der Waals surface area contributed by atoms with Gasteiger partial charge < -0.3 is 14.8 Å². The summed E-state index contributed by atoms with van der Waals surface area (Å²) in [5.74, 6) is 0.113. The molecule has 0 fully saturated rings. The molecule has 2 rings (SSSR count). The van der Waals surface area contributed by atoms with Crippen LogP contribution in [0.3, 0.4) is 0 Å². The molecule has 0 heterocycles. The van der Waals surface area contributed by atoms with E-state index in [2.05, 4.69) is 11.9 Å². The van der Waals surface area contributed by atoms with Crippen molar-refractivity contribution in [2.45, 2.75) is 11.4 Å². The second-order valence-corrected chi connectivity index (χ2v) is 7.77. The van der Waals surface area contributed by atoms with Crippen LogP contribution in [0, 0.1) is 0 Å². The molecule has 28 heavy (non-hydrogen) atoms. The van der Waals surface area contributed by atoms with Crippen molar-refractivity contribution in [3.05, 3.63) is 66.7 Å². The van der Waals surface area contributed by atoms with Gasteiger partial charge in [-0.05, 0) is 17.7 Å². The first-order valence-corrected chi connectivity index (χ1v) is 10.00. The Hall–Kier alpha value is -2.84. The predicted molar refractivity (Wildman–Crippen MR) is 107 cm³/mol. The zero-order valence-corrected chi connectivity index (χ0v) is 16.7. The average molecular weight is 404 g/mol. The quantitative estimate of drug-likeness (QED) is 0.614. The third-order valence-electron chi connectivity index (χ3n) is 3.95. The molecule has 150 valence electrons. The van der Waals surface area contributed by atoms with E-state index in [0.717, 1.165) is 9.87 Å². The van der Waals surface area contributed by atoms with Gasteiger partial charge in [0, 0.05) is 19.2 Å². The number of methoxy groups -OCH3 is 2. The Morgan fingerprint density at radius 1 is 1.14 bits per heavy atom. The minimum absolute atomic E-state index is 0.0328. The monoisotopic (exact) mass is 404 g/mol. The smallest absolute Gasteiger partial charge is 0.247 e. The van der Waals surface area contributed by atoms with E-state index in [1.54, 1.807) is 18.2 Å². The highest BCUT2D eigenvalue weighted by Gasteiger charge is 2.30. The van der Waals surface area contributed by atoms with Gasteiger partial charge in [-0.1, -0.05) is 36.4 Å². The zero-order chi connectivity index (χ0) is 20.6. The fourth-order valence-electron chi connectivity index (χ4n) is 2.54. The summed E-state index contributed by atoms with van der Waals surface area (Å²) in [6.45, 7) is 3.48. The van der Waals surface area contributed by atoms with Gasteiger partial charge in [0.05, 0.1) is 20.8 Å². The van der Waals surface area contributed by atoms with Crippen LogP contribution in [0.5, 0.6) is 11.5 Å². The second kappa shape index (κ2) is 9.91. The molecular weight excluding hydrogens is 380 g/mol. The normalized spacial score (nSPS) is 11.1. The molecule has 0 saturated heterocycles. The minimum Gasteiger partial charge on any atom is -0.497 e. The summed E-state index contributed by atoms with van der Waals surface area (Å²) in [5.41, 5.74) is 0.754. The van der Waals surface area contributed by atoms with Crippen molar-refractivity contribution in [2.24, 2.45) is 0 Å². The van der Waals surface area contributed by atoms with Crippen molar-refractivity contribution >= 4 is 15.9 Å². The number of rotatable bonds is 10. The number of ether oxygens (including phenoxy) is 2. The van der Waals surface area contributed by atoms with Gasteiger partial charge in [-0.15, -0.1) is 6.58 Å². The van der Waals surface area contributed by atoms with Crippen LogP contribution in [0.15, 0.2) is 66.1 Å². The number of amides is 1. The topological polar surface area (TPSA) is 84.9 Å². The first-order chi connectivity index (χ1) is 13.4. The van der Waals surface area contributed by atoms with Crippen LogP contribution in [-0.2, 0) is 21.4 Å². The number of benzene rings is 2. The molecule has 0 unspecified atom stereocenters. The third kappa shape index (κ3) is 5.34. The Balaban J connectivity index is 2.45. The molecule has 0 aliphatic heterocycles. The zero-order valence-electron chi connectivity index (χ0n) is 15.9. The third-order valence-corrected chi connectivity index (χ3v) is 5.77. The number of carbonyl (C=O) groups excluding carboxylic acids is 1. The lowest BCUT2D eigenvalue weighted by Gasteiger charge is -2.23. The Labute approximate surface area is 165 Å². The average Bonchev–Trinajstić information content (AvgIpc) is 2.72. The van der Waals surface area contributed by atoms with Gasteiger partial charge in [-0.25, -0.2) is 8.42 Å². The molecule has 0 radical (unpaired) electrons. The first kappa shape index (κ1) is 21.5. The molecule has 0 aliphatic rings. The van der Waals surface area contributed by atoms with E-state index in [1.807, 2.05) is 18.2 Å². The SMILES string of the molecule is C=CCNC(=O)CN(Cc1ccccc1)S(=O)(=O)c1cc(OC)ccc1OC. The maximum Gasteiger partial charge on any atom is 0.247 e. The van der Waals surface area contributed by atoms with E-state index in [4.69, 9.17) is 9.47 Å². The molecule has 0 atom stereocenters. The van der Waals surface area contributed by atoms with Crippen molar-refractivity contribution in [3.63, 3.8) is 0 Å². The minimum atomic E-state index is -4.05. The number of sulfonamides is 1. The molecule has 8 heteroatoms. The maximum absolute atomic E-state index is 13.4. The molecular formula is C20H24N2O5S. The molecule has 0 spiro atoms. The van der Waals surface area contributed by atoms with Crippen LogP contribution >= 0.6 is 0 Å². The second-order valence-electron chi connectivity index (χ2n) is 5.87. The summed E-state index contributed by atoms with van der Waals surface area (Å²) < 4.78 is 38.3. The van der Waals surface area contributed by atoms with Crippen LogP contribution in [0.1, 0.15) is 5.56 Å². The van der Waals surface area contributed by atoms with Gasteiger partial charge >= 0.3 is 0 Å². The number of hydrogen-bond donors (Lipinski definition) is 1. The van der Waals surface area contributed by atoms with Crippen LogP contribution in [0.2, 0.25) is 0 Å². The van der Waals surface area contributed by atoms with Crippen molar-refractivity contribution in [2.75, 3.05) is 27.3 Å². The highest BCUT2D eigenvalue weighted by molar-refractivity contribution is 7.89. The largest absolute Gasteiger partial charge is 0.497 e. The van der Waals surface area contributed by atoms with Crippen molar-refractivity contribution in [3.8, 4) is 11.5 Å². The highest BCUT2D eigenvalue weighted by atomic mass is 32.2. The van der Waals surface area contributed by atoms with Gasteiger partial charge in [0.15, 0.2) is 0 Å². The lowest BCUT2D eigenvalue weighted by Crippen LogP contribution is -2.40. The molecule has 1 amide bonds. The molecule has 2 aromatic rings. The van der Waals surface area contributed by atoms with E-state index < -0.39 is 15.9 Å². The Morgan fingerprint density at radius 3 is 2.46 bits per heavy atom. The van der Waals surface area contributed by atoms with Crippen LogP contribution in [0.25, 0.3) is 0 Å². The fourth-order valence-corrected chi connectivity index (χ4v) is 4.09. The molecule has 1 N–H and O–H groups in total.